The van der Waals surface area contributed by atoms with E-state index in [0.29, 0.717) is 0 Å². The number of hydrogen-bond donors (Lipinski definition) is 1. The van der Waals surface area contributed by atoms with Gasteiger partial charge < -0.3 is 10.2 Å². The summed E-state index contributed by atoms with van der Waals surface area (Å²) in [5, 5.41) is 3.19. The van der Waals surface area contributed by atoms with Gasteiger partial charge in [-0.25, -0.2) is 4.98 Å². The minimum atomic E-state index is 0.892. The molecule has 0 aromatic carbocycles. The molecular formula is C13H22N4. The van der Waals surface area contributed by atoms with Gasteiger partial charge in [0.1, 0.15) is 5.82 Å². The van der Waals surface area contributed by atoms with E-state index >= 15 is 0 Å². The molecule has 0 saturated carbocycles. The summed E-state index contributed by atoms with van der Waals surface area (Å²) in [4.78, 5) is 11.6. The topological polar surface area (TPSA) is 41.1 Å². The SMILES string of the molecule is CCc1c(C)nc(N2CCCCC2)nc1NC. The molecule has 1 aliphatic heterocycles. The van der Waals surface area contributed by atoms with E-state index in [1.165, 1.54) is 24.8 Å². The van der Waals surface area contributed by atoms with Crippen LogP contribution in [0.5, 0.6) is 0 Å². The van der Waals surface area contributed by atoms with Crippen molar-refractivity contribution in [2.45, 2.75) is 39.5 Å². The summed E-state index contributed by atoms with van der Waals surface area (Å²) in [6.07, 6.45) is 4.82. The second-order valence-corrected chi connectivity index (χ2v) is 4.59. The molecule has 0 amide bonds. The van der Waals surface area contributed by atoms with Crippen molar-refractivity contribution in [3.63, 3.8) is 0 Å². The highest BCUT2D eigenvalue weighted by molar-refractivity contribution is 5.50. The Labute approximate surface area is 103 Å². The van der Waals surface area contributed by atoms with Gasteiger partial charge in [0.25, 0.3) is 0 Å². The standard InChI is InChI=1S/C13H22N4/c1-4-11-10(2)15-13(16-12(11)14-3)17-8-6-5-7-9-17/h4-9H2,1-3H3,(H,14,15,16). The van der Waals surface area contributed by atoms with Crippen LogP contribution in [0.25, 0.3) is 0 Å². The van der Waals surface area contributed by atoms with Gasteiger partial charge in [0.2, 0.25) is 5.95 Å². The van der Waals surface area contributed by atoms with Gasteiger partial charge in [-0.3, -0.25) is 0 Å². The first-order valence-corrected chi connectivity index (χ1v) is 6.56. The number of piperidine rings is 1. The molecule has 0 bridgehead atoms. The minimum Gasteiger partial charge on any atom is -0.373 e. The number of nitrogens with one attached hydrogen (secondary N) is 1. The van der Waals surface area contributed by atoms with Gasteiger partial charge >= 0.3 is 0 Å². The molecule has 1 aliphatic rings. The average molecular weight is 234 g/mol. The first-order valence-electron chi connectivity index (χ1n) is 6.56. The maximum absolute atomic E-state index is 4.65. The van der Waals surface area contributed by atoms with E-state index < -0.39 is 0 Å². The normalized spacial score (nSPS) is 16.1. The fourth-order valence-corrected chi connectivity index (χ4v) is 2.45. The van der Waals surface area contributed by atoms with Crippen molar-refractivity contribution in [2.75, 3.05) is 30.4 Å². The second-order valence-electron chi connectivity index (χ2n) is 4.59. The van der Waals surface area contributed by atoms with Crippen LogP contribution in [0.4, 0.5) is 11.8 Å². The van der Waals surface area contributed by atoms with Crippen molar-refractivity contribution < 1.29 is 0 Å². The van der Waals surface area contributed by atoms with Crippen molar-refractivity contribution in [3.05, 3.63) is 11.3 Å². The molecule has 1 fully saturated rings. The van der Waals surface area contributed by atoms with Crippen molar-refractivity contribution in [1.82, 2.24) is 9.97 Å². The Hall–Kier alpha value is -1.32. The summed E-state index contributed by atoms with van der Waals surface area (Å²) in [6.45, 7) is 6.41. The third-order valence-electron chi connectivity index (χ3n) is 3.43. The van der Waals surface area contributed by atoms with Crippen LogP contribution in [-0.4, -0.2) is 30.1 Å². The number of hydrogen-bond acceptors (Lipinski definition) is 4. The zero-order chi connectivity index (χ0) is 12.3. The van der Waals surface area contributed by atoms with Crippen LogP contribution in [0, 0.1) is 6.92 Å². The summed E-state index contributed by atoms with van der Waals surface area (Å²) >= 11 is 0. The van der Waals surface area contributed by atoms with Crippen molar-refractivity contribution in [2.24, 2.45) is 0 Å². The smallest absolute Gasteiger partial charge is 0.227 e. The lowest BCUT2D eigenvalue weighted by atomic mass is 10.1. The van der Waals surface area contributed by atoms with E-state index in [0.717, 1.165) is 37.0 Å². The van der Waals surface area contributed by atoms with Gasteiger partial charge in [-0.1, -0.05) is 6.92 Å². The zero-order valence-corrected chi connectivity index (χ0v) is 11.1. The number of nitrogens with zero attached hydrogens (tertiary/aromatic N) is 3. The molecule has 0 atom stereocenters. The van der Waals surface area contributed by atoms with Crippen LogP contribution >= 0.6 is 0 Å². The van der Waals surface area contributed by atoms with Crippen molar-refractivity contribution in [1.29, 1.82) is 0 Å². The van der Waals surface area contributed by atoms with E-state index in [2.05, 4.69) is 34.0 Å². The van der Waals surface area contributed by atoms with E-state index in [1.807, 2.05) is 7.05 Å². The van der Waals surface area contributed by atoms with Gasteiger partial charge in [0, 0.05) is 31.4 Å². The van der Waals surface area contributed by atoms with Crippen molar-refractivity contribution in [3.8, 4) is 0 Å². The van der Waals surface area contributed by atoms with Gasteiger partial charge in [0.15, 0.2) is 0 Å². The third-order valence-corrected chi connectivity index (χ3v) is 3.43. The lowest BCUT2D eigenvalue weighted by molar-refractivity contribution is 0.567. The van der Waals surface area contributed by atoms with E-state index in [-0.39, 0.29) is 0 Å². The zero-order valence-electron chi connectivity index (χ0n) is 11.1. The highest BCUT2D eigenvalue weighted by Gasteiger charge is 2.16. The predicted octanol–water partition coefficient (Wildman–Crippen LogP) is 2.38. The molecule has 4 heteroatoms. The molecule has 2 rings (SSSR count). The van der Waals surface area contributed by atoms with E-state index in [4.69, 9.17) is 0 Å². The second kappa shape index (κ2) is 5.34. The molecular weight excluding hydrogens is 212 g/mol. The number of anilines is 2. The molecule has 2 heterocycles. The Morgan fingerprint density at radius 3 is 2.47 bits per heavy atom. The molecule has 4 nitrogen and oxygen atoms in total. The van der Waals surface area contributed by atoms with Crippen LogP contribution in [0.15, 0.2) is 0 Å². The van der Waals surface area contributed by atoms with Crippen LogP contribution in [0.3, 0.4) is 0 Å². The number of aryl methyl sites for hydroxylation is 1. The van der Waals surface area contributed by atoms with Crippen LogP contribution in [0.1, 0.15) is 37.4 Å². The maximum atomic E-state index is 4.65. The monoisotopic (exact) mass is 234 g/mol. The first kappa shape index (κ1) is 12.1. The molecule has 1 aromatic heterocycles. The van der Waals surface area contributed by atoms with E-state index in [9.17, 15) is 0 Å². The Morgan fingerprint density at radius 2 is 1.88 bits per heavy atom. The lowest BCUT2D eigenvalue weighted by Crippen LogP contribution is -2.31. The fourth-order valence-electron chi connectivity index (χ4n) is 2.45. The molecule has 17 heavy (non-hydrogen) atoms. The lowest BCUT2D eigenvalue weighted by Gasteiger charge is -2.27. The van der Waals surface area contributed by atoms with Gasteiger partial charge in [-0.05, 0) is 32.6 Å². The molecule has 1 saturated heterocycles. The third kappa shape index (κ3) is 2.51. The summed E-state index contributed by atoms with van der Waals surface area (Å²) in [7, 11) is 1.93. The molecule has 0 aliphatic carbocycles. The quantitative estimate of drug-likeness (QED) is 0.872. The summed E-state index contributed by atoms with van der Waals surface area (Å²) in [5.41, 5.74) is 2.33. The molecule has 0 radical (unpaired) electrons. The predicted molar refractivity (Wildman–Crippen MR) is 71.8 cm³/mol. The van der Waals surface area contributed by atoms with Gasteiger partial charge in [-0.2, -0.15) is 4.98 Å². The fraction of sp³-hybridized carbons (Fsp3) is 0.692. The Bertz CT molecular complexity index is 383. The Kier molecular flexibility index (Phi) is 3.82. The minimum absolute atomic E-state index is 0.892. The largest absolute Gasteiger partial charge is 0.373 e. The van der Waals surface area contributed by atoms with E-state index in [1.54, 1.807) is 0 Å². The van der Waals surface area contributed by atoms with Crippen LogP contribution in [-0.2, 0) is 6.42 Å². The maximum Gasteiger partial charge on any atom is 0.227 e. The molecule has 1 N–H and O–H groups in total. The number of rotatable bonds is 3. The Morgan fingerprint density at radius 1 is 1.18 bits per heavy atom. The van der Waals surface area contributed by atoms with Crippen LogP contribution in [0.2, 0.25) is 0 Å². The summed E-state index contributed by atoms with van der Waals surface area (Å²) in [6, 6.07) is 0. The van der Waals surface area contributed by atoms with Gasteiger partial charge in [-0.15, -0.1) is 0 Å². The van der Waals surface area contributed by atoms with Gasteiger partial charge in [0.05, 0.1) is 0 Å². The summed E-state index contributed by atoms with van der Waals surface area (Å²) < 4.78 is 0. The Balaban J connectivity index is 2.31. The van der Waals surface area contributed by atoms with Crippen LogP contribution < -0.4 is 10.2 Å². The molecule has 0 spiro atoms. The van der Waals surface area contributed by atoms with Crippen molar-refractivity contribution >= 4 is 11.8 Å². The average Bonchev–Trinajstić information content (AvgIpc) is 2.38. The molecule has 1 aromatic rings. The highest BCUT2D eigenvalue weighted by atomic mass is 15.3. The first-order chi connectivity index (χ1) is 8.26. The molecule has 94 valence electrons. The number of aromatic nitrogens is 2. The molecule has 0 unspecified atom stereocenters. The highest BCUT2D eigenvalue weighted by Crippen LogP contribution is 2.22. The summed E-state index contributed by atoms with van der Waals surface area (Å²) in [5.74, 6) is 1.88.